The summed E-state index contributed by atoms with van der Waals surface area (Å²) in [7, 11) is 0. The molecular formula is C19H11ClN4S2. The summed E-state index contributed by atoms with van der Waals surface area (Å²) in [5.74, 6) is 0.484. The van der Waals surface area contributed by atoms with Crippen LogP contribution < -0.4 is 5.73 Å². The Morgan fingerprint density at radius 2 is 1.88 bits per heavy atom. The summed E-state index contributed by atoms with van der Waals surface area (Å²) >= 11 is 9.28. The SMILES string of the molecule is Nc1ncnc2c1sc1nc(-c3cccs3)cc(-c3ccc(Cl)cc3)c12. The van der Waals surface area contributed by atoms with Crippen molar-refractivity contribution in [2.45, 2.75) is 0 Å². The Labute approximate surface area is 161 Å². The van der Waals surface area contributed by atoms with E-state index in [0.717, 1.165) is 42.1 Å². The van der Waals surface area contributed by atoms with Crippen LogP contribution in [0.3, 0.4) is 0 Å². The summed E-state index contributed by atoms with van der Waals surface area (Å²) < 4.78 is 0.869. The van der Waals surface area contributed by atoms with Crippen LogP contribution >= 0.6 is 34.3 Å². The number of nitrogen functional groups attached to an aromatic ring is 1. The Morgan fingerprint density at radius 1 is 1.04 bits per heavy atom. The maximum Gasteiger partial charge on any atom is 0.144 e. The van der Waals surface area contributed by atoms with Crippen LogP contribution in [-0.4, -0.2) is 15.0 Å². The third-order valence-electron chi connectivity index (χ3n) is 4.18. The molecular weight excluding hydrogens is 384 g/mol. The fourth-order valence-electron chi connectivity index (χ4n) is 2.99. The van der Waals surface area contributed by atoms with Crippen LogP contribution in [0.15, 0.2) is 54.2 Å². The minimum atomic E-state index is 0.484. The van der Waals surface area contributed by atoms with Crippen LogP contribution in [0.25, 0.3) is 42.1 Å². The number of aromatic nitrogens is 3. The van der Waals surface area contributed by atoms with E-state index in [1.165, 1.54) is 17.7 Å². The number of benzene rings is 1. The monoisotopic (exact) mass is 394 g/mol. The second-order valence-electron chi connectivity index (χ2n) is 5.76. The van der Waals surface area contributed by atoms with Gasteiger partial charge in [0.2, 0.25) is 0 Å². The first-order chi connectivity index (χ1) is 12.7. The van der Waals surface area contributed by atoms with Crippen molar-refractivity contribution in [3.63, 3.8) is 0 Å². The maximum atomic E-state index is 6.08. The molecule has 0 aliphatic heterocycles. The lowest BCUT2D eigenvalue weighted by atomic mass is 10.0. The maximum absolute atomic E-state index is 6.08. The number of anilines is 1. The van der Waals surface area contributed by atoms with E-state index in [4.69, 9.17) is 22.3 Å². The van der Waals surface area contributed by atoms with E-state index in [2.05, 4.69) is 27.5 Å². The minimum Gasteiger partial charge on any atom is -0.382 e. The molecule has 0 aliphatic carbocycles. The zero-order chi connectivity index (χ0) is 17.7. The number of halogens is 1. The number of hydrogen-bond acceptors (Lipinski definition) is 6. The van der Waals surface area contributed by atoms with Gasteiger partial charge in [-0.1, -0.05) is 29.8 Å². The first-order valence-electron chi connectivity index (χ1n) is 7.84. The summed E-state index contributed by atoms with van der Waals surface area (Å²) in [6, 6.07) is 14.0. The molecule has 5 rings (SSSR count). The van der Waals surface area contributed by atoms with Crippen molar-refractivity contribution in [2.75, 3.05) is 5.73 Å². The van der Waals surface area contributed by atoms with Crippen LogP contribution in [-0.2, 0) is 0 Å². The zero-order valence-corrected chi connectivity index (χ0v) is 15.7. The lowest BCUT2D eigenvalue weighted by Gasteiger charge is -2.07. The molecule has 0 radical (unpaired) electrons. The fourth-order valence-corrected chi connectivity index (χ4v) is 4.86. The molecule has 126 valence electrons. The molecule has 1 aromatic carbocycles. The Bertz CT molecular complexity index is 1240. The first kappa shape index (κ1) is 15.7. The number of pyridine rings is 1. The molecule has 0 unspecified atom stereocenters. The van der Waals surface area contributed by atoms with Gasteiger partial charge in [0.05, 0.1) is 20.8 Å². The standard InChI is InChI=1S/C19H11ClN4S2/c20-11-5-3-10(4-6-11)12-8-13(14-2-1-7-25-14)24-19-15(12)16-17(26-19)18(21)23-9-22-16/h1-9H,(H2,21,22,23). The molecule has 5 aromatic rings. The number of nitrogens with two attached hydrogens (primary N) is 1. The largest absolute Gasteiger partial charge is 0.382 e. The highest BCUT2D eigenvalue weighted by Gasteiger charge is 2.17. The summed E-state index contributed by atoms with van der Waals surface area (Å²) in [6.45, 7) is 0. The Hall–Kier alpha value is -2.54. The van der Waals surface area contributed by atoms with E-state index in [-0.39, 0.29) is 0 Å². The van der Waals surface area contributed by atoms with Crippen LogP contribution in [0.2, 0.25) is 5.02 Å². The van der Waals surface area contributed by atoms with Gasteiger partial charge in [0.1, 0.15) is 17.0 Å². The number of thiophene rings is 2. The lowest BCUT2D eigenvalue weighted by molar-refractivity contribution is 1.24. The molecule has 0 atom stereocenters. The van der Waals surface area contributed by atoms with Gasteiger partial charge in [-0.15, -0.1) is 22.7 Å². The second kappa shape index (κ2) is 6.02. The fraction of sp³-hybridized carbons (Fsp3) is 0. The number of rotatable bonds is 2. The summed E-state index contributed by atoms with van der Waals surface area (Å²) in [6.07, 6.45) is 1.50. The minimum absolute atomic E-state index is 0.484. The third-order valence-corrected chi connectivity index (χ3v) is 6.42. The zero-order valence-electron chi connectivity index (χ0n) is 13.3. The van der Waals surface area contributed by atoms with Crippen LogP contribution in [0.4, 0.5) is 5.82 Å². The second-order valence-corrected chi connectivity index (χ2v) is 8.14. The Morgan fingerprint density at radius 3 is 2.65 bits per heavy atom. The number of fused-ring (bicyclic) bond motifs is 3. The summed E-state index contributed by atoms with van der Waals surface area (Å²) in [5, 5.41) is 3.76. The smallest absolute Gasteiger partial charge is 0.144 e. The van der Waals surface area contributed by atoms with Crippen molar-refractivity contribution in [1.82, 2.24) is 15.0 Å². The van der Waals surface area contributed by atoms with Gasteiger partial charge in [0, 0.05) is 10.4 Å². The van der Waals surface area contributed by atoms with Gasteiger partial charge in [-0.3, -0.25) is 0 Å². The molecule has 0 saturated heterocycles. The van der Waals surface area contributed by atoms with Gasteiger partial charge in [-0.05, 0) is 40.8 Å². The van der Waals surface area contributed by atoms with Crippen molar-refractivity contribution in [3.05, 3.63) is 59.2 Å². The van der Waals surface area contributed by atoms with Crippen molar-refractivity contribution >= 4 is 60.5 Å². The van der Waals surface area contributed by atoms with E-state index in [1.807, 2.05) is 30.3 Å². The van der Waals surface area contributed by atoms with Crippen LogP contribution in [0.5, 0.6) is 0 Å². The van der Waals surface area contributed by atoms with E-state index < -0.39 is 0 Å². The van der Waals surface area contributed by atoms with Gasteiger partial charge in [-0.2, -0.15) is 0 Å². The average molecular weight is 395 g/mol. The predicted molar refractivity (Wildman–Crippen MR) is 111 cm³/mol. The molecule has 7 heteroatoms. The van der Waals surface area contributed by atoms with Crippen molar-refractivity contribution < 1.29 is 0 Å². The third kappa shape index (κ3) is 2.46. The van der Waals surface area contributed by atoms with E-state index in [9.17, 15) is 0 Å². The average Bonchev–Trinajstić information content (AvgIpc) is 3.30. The molecule has 4 aromatic heterocycles. The molecule has 2 N–H and O–H groups in total. The van der Waals surface area contributed by atoms with Crippen molar-refractivity contribution in [3.8, 4) is 21.7 Å². The number of hydrogen-bond donors (Lipinski definition) is 1. The molecule has 0 bridgehead atoms. The quantitative estimate of drug-likeness (QED) is 0.406. The highest BCUT2D eigenvalue weighted by Crippen LogP contribution is 2.42. The molecule has 0 aliphatic rings. The van der Waals surface area contributed by atoms with Gasteiger partial charge in [0.15, 0.2) is 0 Å². The van der Waals surface area contributed by atoms with Gasteiger partial charge in [0.25, 0.3) is 0 Å². The molecule has 0 spiro atoms. The summed E-state index contributed by atoms with van der Waals surface area (Å²) in [5.41, 5.74) is 9.99. The normalized spacial score (nSPS) is 11.4. The van der Waals surface area contributed by atoms with Gasteiger partial charge >= 0.3 is 0 Å². The summed E-state index contributed by atoms with van der Waals surface area (Å²) in [4.78, 5) is 15.5. The Balaban J connectivity index is 1.91. The predicted octanol–water partition coefficient (Wildman–Crippen LogP) is 5.87. The van der Waals surface area contributed by atoms with Crippen molar-refractivity contribution in [1.29, 1.82) is 0 Å². The first-order valence-corrected chi connectivity index (χ1v) is 9.91. The molecule has 4 heterocycles. The topological polar surface area (TPSA) is 64.7 Å². The van der Waals surface area contributed by atoms with Crippen LogP contribution in [0, 0.1) is 0 Å². The van der Waals surface area contributed by atoms with E-state index >= 15 is 0 Å². The number of nitrogens with zero attached hydrogens (tertiary/aromatic N) is 3. The molecule has 0 fully saturated rings. The Kier molecular flexibility index (Phi) is 3.63. The van der Waals surface area contributed by atoms with Crippen LogP contribution in [0.1, 0.15) is 0 Å². The highest BCUT2D eigenvalue weighted by molar-refractivity contribution is 7.26. The van der Waals surface area contributed by atoms with E-state index in [1.54, 1.807) is 11.3 Å². The van der Waals surface area contributed by atoms with Gasteiger partial charge in [-0.25, -0.2) is 15.0 Å². The molecule has 26 heavy (non-hydrogen) atoms. The molecule has 0 amide bonds. The molecule has 4 nitrogen and oxygen atoms in total. The van der Waals surface area contributed by atoms with Gasteiger partial charge < -0.3 is 5.73 Å². The lowest BCUT2D eigenvalue weighted by Crippen LogP contribution is -1.90. The molecule has 0 saturated carbocycles. The van der Waals surface area contributed by atoms with Crippen molar-refractivity contribution in [2.24, 2.45) is 0 Å². The highest BCUT2D eigenvalue weighted by atomic mass is 35.5. The van der Waals surface area contributed by atoms with E-state index in [0.29, 0.717) is 10.8 Å².